The number of sulfonamides is 1. The second-order valence-corrected chi connectivity index (χ2v) is 11.7. The highest BCUT2D eigenvalue weighted by Gasteiger charge is 2.31. The molecule has 7 nitrogen and oxygen atoms in total. The maximum absolute atomic E-state index is 13.6. The van der Waals surface area contributed by atoms with Crippen LogP contribution in [0, 0.1) is 6.92 Å². The van der Waals surface area contributed by atoms with Gasteiger partial charge in [0.15, 0.2) is 0 Å². The quantitative estimate of drug-likeness (QED) is 0.512. The van der Waals surface area contributed by atoms with Crippen molar-refractivity contribution in [2.24, 2.45) is 0 Å². The van der Waals surface area contributed by atoms with Gasteiger partial charge >= 0.3 is 0 Å². The monoisotopic (exact) mass is 549 g/mol. The molecule has 1 atom stereocenters. The van der Waals surface area contributed by atoms with Crippen LogP contribution in [0.4, 0.5) is 5.69 Å². The van der Waals surface area contributed by atoms with Gasteiger partial charge in [0.25, 0.3) is 0 Å². The third-order valence-electron chi connectivity index (χ3n) is 6.08. The minimum Gasteiger partial charge on any atom is -0.352 e. The standard InChI is InChI=1S/C25H32BrN3O4S/c1-18-8-6-13-23(14-18)29(34(3,32)33)17-24(30)28(16-20-9-7-10-21(26)15-20)19(2)25(31)27-22-11-4-5-12-22/h6-10,13-15,19,22H,4-5,11-12,16-17H2,1-3H3,(H,27,31). The van der Waals surface area contributed by atoms with Gasteiger partial charge in [-0.15, -0.1) is 0 Å². The van der Waals surface area contributed by atoms with Gasteiger partial charge in [0.2, 0.25) is 21.8 Å². The molecule has 34 heavy (non-hydrogen) atoms. The van der Waals surface area contributed by atoms with Crippen LogP contribution in [0.25, 0.3) is 0 Å². The molecule has 2 amide bonds. The van der Waals surface area contributed by atoms with Crippen LogP contribution < -0.4 is 9.62 Å². The minimum absolute atomic E-state index is 0.123. The molecule has 0 radical (unpaired) electrons. The van der Waals surface area contributed by atoms with Crippen molar-refractivity contribution in [1.82, 2.24) is 10.2 Å². The number of benzene rings is 2. The van der Waals surface area contributed by atoms with Gasteiger partial charge in [0.1, 0.15) is 12.6 Å². The highest BCUT2D eigenvalue weighted by molar-refractivity contribution is 9.10. The normalized spacial score (nSPS) is 15.1. The number of nitrogens with zero attached hydrogens (tertiary/aromatic N) is 2. The smallest absolute Gasteiger partial charge is 0.244 e. The molecule has 1 aliphatic rings. The second-order valence-electron chi connectivity index (χ2n) is 8.93. The highest BCUT2D eigenvalue weighted by Crippen LogP contribution is 2.22. The second kappa shape index (κ2) is 11.4. The van der Waals surface area contributed by atoms with E-state index in [0.29, 0.717) is 5.69 Å². The third kappa shape index (κ3) is 7.06. The van der Waals surface area contributed by atoms with Crippen LogP contribution in [0.3, 0.4) is 0 Å². The van der Waals surface area contributed by atoms with E-state index in [9.17, 15) is 18.0 Å². The van der Waals surface area contributed by atoms with Gasteiger partial charge < -0.3 is 10.2 Å². The summed E-state index contributed by atoms with van der Waals surface area (Å²) in [5.41, 5.74) is 2.14. The number of hydrogen-bond acceptors (Lipinski definition) is 4. The van der Waals surface area contributed by atoms with Crippen molar-refractivity contribution < 1.29 is 18.0 Å². The minimum atomic E-state index is -3.73. The van der Waals surface area contributed by atoms with Gasteiger partial charge in [0, 0.05) is 17.1 Å². The van der Waals surface area contributed by atoms with E-state index >= 15 is 0 Å². The molecule has 0 aromatic heterocycles. The summed E-state index contributed by atoms with van der Waals surface area (Å²) in [4.78, 5) is 28.1. The van der Waals surface area contributed by atoms with Gasteiger partial charge in [-0.2, -0.15) is 0 Å². The SMILES string of the molecule is Cc1cccc(N(CC(=O)N(Cc2cccc(Br)c2)C(C)C(=O)NC2CCCC2)S(C)(=O)=O)c1. The maximum Gasteiger partial charge on any atom is 0.244 e. The Balaban J connectivity index is 1.88. The Morgan fingerprint density at radius 2 is 1.79 bits per heavy atom. The van der Waals surface area contributed by atoms with Crippen molar-refractivity contribution >= 4 is 43.5 Å². The zero-order valence-electron chi connectivity index (χ0n) is 19.8. The van der Waals surface area contributed by atoms with E-state index < -0.39 is 28.5 Å². The average molecular weight is 551 g/mol. The molecule has 0 spiro atoms. The van der Waals surface area contributed by atoms with Crippen LogP contribution in [0.1, 0.15) is 43.7 Å². The largest absolute Gasteiger partial charge is 0.352 e. The van der Waals surface area contributed by atoms with E-state index in [1.165, 1.54) is 4.90 Å². The van der Waals surface area contributed by atoms with Crippen molar-refractivity contribution in [2.75, 3.05) is 17.1 Å². The number of hydrogen-bond donors (Lipinski definition) is 1. The lowest BCUT2D eigenvalue weighted by atomic mass is 10.1. The molecular weight excluding hydrogens is 518 g/mol. The number of nitrogens with one attached hydrogen (secondary N) is 1. The molecule has 0 aliphatic heterocycles. The molecular formula is C25H32BrN3O4S. The molecule has 2 aromatic carbocycles. The lowest BCUT2D eigenvalue weighted by Gasteiger charge is -2.32. The van der Waals surface area contributed by atoms with Crippen molar-refractivity contribution in [3.63, 3.8) is 0 Å². The van der Waals surface area contributed by atoms with E-state index in [0.717, 1.165) is 51.8 Å². The fraction of sp³-hybridized carbons (Fsp3) is 0.440. The molecule has 0 saturated heterocycles. The Morgan fingerprint density at radius 3 is 2.41 bits per heavy atom. The first-order valence-electron chi connectivity index (χ1n) is 11.4. The van der Waals surface area contributed by atoms with Crippen LogP contribution in [-0.2, 0) is 26.2 Å². The Kier molecular flexibility index (Phi) is 8.76. The predicted octanol–water partition coefficient (Wildman–Crippen LogP) is 4.00. The summed E-state index contributed by atoms with van der Waals surface area (Å²) in [5, 5.41) is 3.06. The molecule has 0 bridgehead atoms. The zero-order valence-corrected chi connectivity index (χ0v) is 22.2. The number of anilines is 1. The van der Waals surface area contributed by atoms with E-state index in [4.69, 9.17) is 0 Å². The van der Waals surface area contributed by atoms with E-state index in [1.54, 1.807) is 25.1 Å². The summed E-state index contributed by atoms with van der Waals surface area (Å²) >= 11 is 3.45. The Hall–Kier alpha value is -2.39. The van der Waals surface area contributed by atoms with Crippen LogP contribution in [0.2, 0.25) is 0 Å². The number of aryl methyl sites for hydroxylation is 1. The molecule has 0 heterocycles. The third-order valence-corrected chi connectivity index (χ3v) is 7.71. The van der Waals surface area contributed by atoms with Gasteiger partial charge in [-0.05, 0) is 62.1 Å². The molecule has 1 N–H and O–H groups in total. The van der Waals surface area contributed by atoms with Gasteiger partial charge in [0.05, 0.1) is 11.9 Å². The molecule has 1 unspecified atom stereocenters. The summed E-state index contributed by atoms with van der Waals surface area (Å²) in [6.45, 7) is 3.35. The first-order valence-corrected chi connectivity index (χ1v) is 14.1. The summed E-state index contributed by atoms with van der Waals surface area (Å²) in [5.74, 6) is -0.669. The first-order chi connectivity index (χ1) is 16.0. The van der Waals surface area contributed by atoms with Crippen molar-refractivity contribution in [2.45, 2.75) is 58.2 Å². The fourth-order valence-electron chi connectivity index (χ4n) is 4.20. The molecule has 9 heteroatoms. The summed E-state index contributed by atoms with van der Waals surface area (Å²) in [6, 6.07) is 13.9. The van der Waals surface area contributed by atoms with Gasteiger partial charge in [-0.1, -0.05) is 53.0 Å². The number of carbonyl (C=O) groups excluding carboxylic acids is 2. The average Bonchev–Trinajstić information content (AvgIpc) is 3.27. The Morgan fingerprint density at radius 1 is 1.12 bits per heavy atom. The molecule has 184 valence electrons. The topological polar surface area (TPSA) is 86.8 Å². The molecule has 1 saturated carbocycles. The Bertz CT molecular complexity index is 1130. The predicted molar refractivity (Wildman–Crippen MR) is 138 cm³/mol. The summed E-state index contributed by atoms with van der Waals surface area (Å²) in [7, 11) is -3.73. The molecule has 1 fully saturated rings. The lowest BCUT2D eigenvalue weighted by molar-refractivity contribution is -0.139. The maximum atomic E-state index is 13.6. The van der Waals surface area contributed by atoms with Crippen LogP contribution >= 0.6 is 15.9 Å². The van der Waals surface area contributed by atoms with Crippen molar-refractivity contribution in [1.29, 1.82) is 0 Å². The first kappa shape index (κ1) is 26.2. The zero-order chi connectivity index (χ0) is 24.9. The summed E-state index contributed by atoms with van der Waals surface area (Å²) < 4.78 is 27.2. The van der Waals surface area contributed by atoms with E-state index in [-0.39, 0.29) is 18.5 Å². The molecule has 3 rings (SSSR count). The van der Waals surface area contributed by atoms with Crippen LogP contribution in [0.15, 0.2) is 53.0 Å². The molecule has 1 aliphatic carbocycles. The highest BCUT2D eigenvalue weighted by atomic mass is 79.9. The van der Waals surface area contributed by atoms with E-state index in [1.807, 2.05) is 37.3 Å². The van der Waals surface area contributed by atoms with Crippen molar-refractivity contribution in [3.05, 3.63) is 64.1 Å². The van der Waals surface area contributed by atoms with Crippen LogP contribution in [0.5, 0.6) is 0 Å². The number of amides is 2. The number of rotatable bonds is 9. The summed E-state index contributed by atoms with van der Waals surface area (Å²) in [6.07, 6.45) is 5.12. The van der Waals surface area contributed by atoms with Gasteiger partial charge in [-0.3, -0.25) is 13.9 Å². The number of carbonyl (C=O) groups is 2. The number of halogens is 1. The lowest BCUT2D eigenvalue weighted by Crippen LogP contribution is -2.52. The van der Waals surface area contributed by atoms with Crippen molar-refractivity contribution in [3.8, 4) is 0 Å². The van der Waals surface area contributed by atoms with Crippen LogP contribution in [-0.4, -0.2) is 50.0 Å². The Labute approximate surface area is 210 Å². The van der Waals surface area contributed by atoms with E-state index in [2.05, 4.69) is 21.2 Å². The fourth-order valence-corrected chi connectivity index (χ4v) is 5.49. The van der Waals surface area contributed by atoms with Gasteiger partial charge in [-0.25, -0.2) is 8.42 Å². The molecule has 2 aromatic rings.